The van der Waals surface area contributed by atoms with Gasteiger partial charge >= 0.3 is 5.69 Å². The first-order valence-electron chi connectivity index (χ1n) is 10.2. The number of hydrogen-bond acceptors (Lipinski definition) is 4. The van der Waals surface area contributed by atoms with Crippen LogP contribution in [0.2, 0.25) is 0 Å². The second-order valence-corrected chi connectivity index (χ2v) is 9.34. The summed E-state index contributed by atoms with van der Waals surface area (Å²) >= 11 is 2.43. The first-order chi connectivity index (χ1) is 14.3. The Labute approximate surface area is 191 Å². The summed E-state index contributed by atoms with van der Waals surface area (Å²) in [5.41, 5.74) is 1.59. The van der Waals surface area contributed by atoms with Gasteiger partial charge in [-0.05, 0) is 75.3 Å². The molecule has 0 aromatic heterocycles. The third-order valence-corrected chi connectivity index (χ3v) is 6.02. The maximum absolute atomic E-state index is 13.4. The van der Waals surface area contributed by atoms with E-state index >= 15 is 0 Å². The zero-order valence-corrected chi connectivity index (χ0v) is 19.9. The Kier molecular flexibility index (Phi) is 9.81. The third kappa shape index (κ3) is 7.74. The van der Waals surface area contributed by atoms with Gasteiger partial charge in [0.25, 0.3) is 0 Å². The molecule has 0 radical (unpaired) electrons. The monoisotopic (exact) mass is 529 g/mol. The molecule has 0 aliphatic heterocycles. The van der Waals surface area contributed by atoms with Crippen LogP contribution in [0.3, 0.4) is 0 Å². The number of aryl methyl sites for hydroxylation is 2. The molecule has 0 heterocycles. The molecule has 7 heteroatoms. The Morgan fingerprint density at radius 1 is 1.03 bits per heavy atom. The lowest BCUT2D eigenvalue weighted by Crippen LogP contribution is -2.07. The van der Waals surface area contributed by atoms with Gasteiger partial charge in [-0.1, -0.05) is 41.1 Å². The number of unbranched alkanes of at least 4 members (excludes halogenated alkanes) is 1. The number of benzene rings is 2. The fraction of sp³-hybridized carbons (Fsp3) is 0.478. The van der Waals surface area contributed by atoms with Crippen LogP contribution in [0.25, 0.3) is 0 Å². The highest BCUT2D eigenvalue weighted by Crippen LogP contribution is 2.30. The summed E-state index contributed by atoms with van der Waals surface area (Å²) in [7, 11) is 1.65. The van der Waals surface area contributed by atoms with Gasteiger partial charge < -0.3 is 9.47 Å². The second kappa shape index (κ2) is 12.1. The zero-order chi connectivity index (χ0) is 22.1. The average Bonchev–Trinajstić information content (AvgIpc) is 2.70. The van der Waals surface area contributed by atoms with Crippen molar-refractivity contribution < 1.29 is 18.8 Å². The van der Waals surface area contributed by atoms with Crippen molar-refractivity contribution in [3.63, 3.8) is 0 Å². The lowest BCUT2D eigenvalue weighted by Gasteiger charge is -2.15. The predicted octanol–water partition coefficient (Wildman–Crippen LogP) is 6.68. The number of ether oxygens (including phenoxy) is 2. The summed E-state index contributed by atoms with van der Waals surface area (Å²) in [6, 6.07) is 10.3. The van der Waals surface area contributed by atoms with Gasteiger partial charge in [-0.3, -0.25) is 10.1 Å². The molecule has 0 fully saturated rings. The van der Waals surface area contributed by atoms with Crippen LogP contribution in [0, 0.1) is 15.9 Å². The fourth-order valence-corrected chi connectivity index (χ4v) is 3.99. The number of alkyl halides is 1. The van der Waals surface area contributed by atoms with Gasteiger partial charge in [0.2, 0.25) is 5.82 Å². The van der Waals surface area contributed by atoms with Gasteiger partial charge in [0.05, 0.1) is 18.1 Å². The number of rotatable bonds is 12. The van der Waals surface area contributed by atoms with E-state index in [9.17, 15) is 14.5 Å². The van der Waals surface area contributed by atoms with Gasteiger partial charge in [-0.2, -0.15) is 4.39 Å². The molecule has 5 nitrogen and oxygen atoms in total. The molecule has 0 saturated heterocycles. The molecule has 30 heavy (non-hydrogen) atoms. The molecule has 2 aromatic carbocycles. The molecular weight excluding hydrogens is 500 g/mol. The lowest BCUT2D eigenvalue weighted by molar-refractivity contribution is -0.387. The van der Waals surface area contributed by atoms with Crippen molar-refractivity contribution in [1.82, 2.24) is 0 Å². The van der Waals surface area contributed by atoms with E-state index in [2.05, 4.69) is 34.7 Å². The second-order valence-electron chi connectivity index (χ2n) is 7.58. The number of halogens is 2. The number of nitrogens with zero attached hydrogens (tertiary/aromatic N) is 1. The third-order valence-electron chi connectivity index (χ3n) is 4.78. The molecule has 1 atom stereocenters. The van der Waals surface area contributed by atoms with E-state index in [-0.39, 0.29) is 6.10 Å². The van der Waals surface area contributed by atoms with Crippen LogP contribution in [0.1, 0.15) is 50.7 Å². The van der Waals surface area contributed by atoms with E-state index in [4.69, 9.17) is 9.47 Å². The largest absolute Gasteiger partial charge is 0.493 e. The Morgan fingerprint density at radius 3 is 2.40 bits per heavy atom. The zero-order valence-electron chi connectivity index (χ0n) is 17.7. The molecule has 0 bridgehead atoms. The average molecular weight is 529 g/mol. The summed E-state index contributed by atoms with van der Waals surface area (Å²) in [6.45, 7) is 3.99. The molecule has 1 unspecified atom stereocenters. The minimum absolute atomic E-state index is 0.0940. The molecule has 0 N–H and O–H groups in total. The summed E-state index contributed by atoms with van der Waals surface area (Å²) in [5.74, 6) is 0.751. The van der Waals surface area contributed by atoms with E-state index in [0.29, 0.717) is 10.3 Å². The number of methoxy groups -OCH3 is 1. The van der Waals surface area contributed by atoms with E-state index in [0.717, 1.165) is 49.2 Å². The molecule has 0 spiro atoms. The molecule has 0 amide bonds. The van der Waals surface area contributed by atoms with E-state index in [1.165, 1.54) is 17.7 Å². The van der Waals surface area contributed by atoms with Crippen molar-refractivity contribution in [2.45, 2.75) is 62.4 Å². The molecule has 0 saturated carbocycles. The van der Waals surface area contributed by atoms with Crippen molar-refractivity contribution >= 4 is 28.3 Å². The highest BCUT2D eigenvalue weighted by atomic mass is 127. The van der Waals surface area contributed by atoms with Crippen LogP contribution in [0.4, 0.5) is 10.1 Å². The summed E-state index contributed by atoms with van der Waals surface area (Å²) in [5, 5.41) is 10.9. The molecule has 0 aliphatic carbocycles. The standard InChI is InChI=1S/C23H29FINO4/c1-16(2)30-23-15-17(10-13-22(23)29-3)6-4-5-7-19(25)11-8-18-9-12-20(24)21(14-18)26(27)28/h9-10,12-16,19H,4-8,11H2,1-3H3. The van der Waals surface area contributed by atoms with Crippen LogP contribution in [0.15, 0.2) is 36.4 Å². The first-order valence-corrected chi connectivity index (χ1v) is 11.4. The van der Waals surface area contributed by atoms with E-state index in [1.54, 1.807) is 13.2 Å². The lowest BCUT2D eigenvalue weighted by atomic mass is 10.0. The Hall–Kier alpha value is -1.90. The maximum Gasteiger partial charge on any atom is 0.305 e. The molecule has 2 rings (SSSR count). The Bertz CT molecular complexity index is 844. The van der Waals surface area contributed by atoms with Crippen LogP contribution < -0.4 is 9.47 Å². The van der Waals surface area contributed by atoms with Gasteiger partial charge in [0.15, 0.2) is 11.5 Å². The summed E-state index contributed by atoms with van der Waals surface area (Å²) in [6.07, 6.45) is 5.96. The highest BCUT2D eigenvalue weighted by molar-refractivity contribution is 14.1. The minimum Gasteiger partial charge on any atom is -0.493 e. The SMILES string of the molecule is COc1ccc(CCCCC(I)CCc2ccc(F)c([N+](=O)[O-])c2)cc1OC(C)C. The smallest absolute Gasteiger partial charge is 0.305 e. The molecular formula is C23H29FINO4. The predicted molar refractivity (Wildman–Crippen MR) is 125 cm³/mol. The van der Waals surface area contributed by atoms with Crippen molar-refractivity contribution in [3.8, 4) is 11.5 Å². The van der Waals surface area contributed by atoms with E-state index in [1.807, 2.05) is 19.9 Å². The Balaban J connectivity index is 1.77. The molecule has 2 aromatic rings. The Morgan fingerprint density at radius 2 is 1.73 bits per heavy atom. The topological polar surface area (TPSA) is 61.6 Å². The van der Waals surface area contributed by atoms with Crippen molar-refractivity contribution in [2.75, 3.05) is 7.11 Å². The van der Waals surface area contributed by atoms with Gasteiger partial charge in [-0.15, -0.1) is 0 Å². The van der Waals surface area contributed by atoms with Crippen molar-refractivity contribution in [3.05, 3.63) is 63.5 Å². The summed E-state index contributed by atoms with van der Waals surface area (Å²) in [4.78, 5) is 10.2. The van der Waals surface area contributed by atoms with Gasteiger partial charge in [-0.25, -0.2) is 0 Å². The van der Waals surface area contributed by atoms with E-state index < -0.39 is 16.4 Å². The van der Waals surface area contributed by atoms with Crippen molar-refractivity contribution in [2.24, 2.45) is 0 Å². The summed E-state index contributed by atoms with van der Waals surface area (Å²) < 4.78 is 25.1. The van der Waals surface area contributed by atoms with Crippen molar-refractivity contribution in [1.29, 1.82) is 0 Å². The van der Waals surface area contributed by atoms with Crippen LogP contribution in [-0.4, -0.2) is 22.1 Å². The van der Waals surface area contributed by atoms with Crippen LogP contribution in [0.5, 0.6) is 11.5 Å². The normalized spacial score (nSPS) is 12.1. The molecule has 164 valence electrons. The number of hydrogen-bond donors (Lipinski definition) is 0. The van der Waals surface area contributed by atoms with Crippen LogP contribution >= 0.6 is 22.6 Å². The van der Waals surface area contributed by atoms with Gasteiger partial charge in [0, 0.05) is 9.99 Å². The molecule has 0 aliphatic rings. The van der Waals surface area contributed by atoms with Crippen LogP contribution in [-0.2, 0) is 12.8 Å². The number of nitro benzene ring substituents is 1. The van der Waals surface area contributed by atoms with Gasteiger partial charge in [0.1, 0.15) is 0 Å². The quantitative estimate of drug-likeness (QED) is 0.101. The fourth-order valence-electron chi connectivity index (χ4n) is 3.24. The maximum atomic E-state index is 13.4. The first kappa shape index (κ1) is 24.4. The number of nitro groups is 1. The minimum atomic E-state index is -0.782. The highest BCUT2D eigenvalue weighted by Gasteiger charge is 2.15.